The monoisotopic (exact) mass is 327 g/mol. The van der Waals surface area contributed by atoms with Crippen LogP contribution in [0.25, 0.3) is 11.3 Å². The first-order valence-corrected chi connectivity index (χ1v) is 9.10. The number of rotatable bonds is 2. The van der Waals surface area contributed by atoms with Gasteiger partial charge in [-0.25, -0.2) is 4.98 Å². The van der Waals surface area contributed by atoms with Crippen LogP contribution in [0.15, 0.2) is 23.6 Å². The Labute approximate surface area is 140 Å². The van der Waals surface area contributed by atoms with Crippen molar-refractivity contribution in [1.29, 1.82) is 0 Å². The fourth-order valence-electron chi connectivity index (χ4n) is 3.37. The van der Waals surface area contributed by atoms with Gasteiger partial charge in [0, 0.05) is 36.8 Å². The fourth-order valence-corrected chi connectivity index (χ4v) is 4.26. The van der Waals surface area contributed by atoms with E-state index in [-0.39, 0.29) is 5.91 Å². The molecular weight excluding hydrogens is 306 g/mol. The Hall–Kier alpha value is -1.88. The van der Waals surface area contributed by atoms with Crippen molar-refractivity contribution in [2.24, 2.45) is 5.92 Å². The smallest absolute Gasteiger partial charge is 0.231 e. The number of hydrogen-bond donors (Lipinski definition) is 0. The van der Waals surface area contributed by atoms with Gasteiger partial charge in [-0.15, -0.1) is 11.3 Å². The van der Waals surface area contributed by atoms with Crippen LogP contribution in [0.4, 0.5) is 10.8 Å². The Morgan fingerprint density at radius 3 is 2.83 bits per heavy atom. The van der Waals surface area contributed by atoms with Crippen LogP contribution in [-0.4, -0.2) is 31.0 Å². The summed E-state index contributed by atoms with van der Waals surface area (Å²) in [6.45, 7) is 4.54. The molecule has 0 N–H and O–H groups in total. The number of fused-ring (bicyclic) bond motifs is 1. The molecule has 1 aromatic carbocycles. The number of thiazole rings is 1. The number of likely N-dealkylation sites (N-methyl/N-ethyl adjacent to an activating group) is 1. The summed E-state index contributed by atoms with van der Waals surface area (Å²) in [5.74, 6) is 0.996. The maximum absolute atomic E-state index is 11.8. The third kappa shape index (κ3) is 2.63. The third-order valence-corrected chi connectivity index (χ3v) is 5.90. The summed E-state index contributed by atoms with van der Waals surface area (Å²) < 4.78 is 0. The molecule has 1 amide bonds. The van der Waals surface area contributed by atoms with Crippen LogP contribution in [0.1, 0.15) is 25.3 Å². The van der Waals surface area contributed by atoms with Crippen LogP contribution in [0.3, 0.4) is 0 Å². The molecule has 4 rings (SSSR count). The predicted octanol–water partition coefficient (Wildman–Crippen LogP) is 3.57. The van der Waals surface area contributed by atoms with Crippen molar-refractivity contribution < 1.29 is 4.79 Å². The van der Waals surface area contributed by atoms with Gasteiger partial charge < -0.3 is 9.80 Å². The second-order valence-electron chi connectivity index (χ2n) is 6.66. The van der Waals surface area contributed by atoms with Crippen molar-refractivity contribution in [3.8, 4) is 11.3 Å². The van der Waals surface area contributed by atoms with Crippen LogP contribution in [0.2, 0.25) is 0 Å². The standard InChI is InChI=1S/C18H21N3OS/c1-12-5-7-21(8-6-12)18-19-15(11-23-18)13-3-4-16-14(9-13)10-17(22)20(16)2/h3-4,9,11-12H,5-8,10H2,1-2H3. The van der Waals surface area contributed by atoms with Gasteiger partial charge >= 0.3 is 0 Å². The van der Waals surface area contributed by atoms with Gasteiger partial charge in [0.1, 0.15) is 0 Å². The summed E-state index contributed by atoms with van der Waals surface area (Å²) >= 11 is 1.72. The average molecular weight is 327 g/mol. The number of nitrogens with zero attached hydrogens (tertiary/aromatic N) is 3. The van der Waals surface area contributed by atoms with Crippen LogP contribution in [0, 0.1) is 5.92 Å². The van der Waals surface area contributed by atoms with Gasteiger partial charge in [0.2, 0.25) is 5.91 Å². The van der Waals surface area contributed by atoms with E-state index in [4.69, 9.17) is 4.98 Å². The van der Waals surface area contributed by atoms with Crippen LogP contribution < -0.4 is 9.80 Å². The number of anilines is 2. The summed E-state index contributed by atoms with van der Waals surface area (Å²) in [5, 5.41) is 3.26. The first kappa shape index (κ1) is 14.7. The SMILES string of the molecule is CC1CCN(c2nc(-c3ccc4c(c3)CC(=O)N4C)cs2)CC1. The minimum atomic E-state index is 0.165. The molecule has 1 fully saturated rings. The molecule has 0 radical (unpaired) electrons. The third-order valence-electron chi connectivity index (χ3n) is 5.00. The first-order chi connectivity index (χ1) is 11.1. The van der Waals surface area contributed by atoms with Crippen molar-refractivity contribution in [2.45, 2.75) is 26.2 Å². The molecule has 2 aliphatic rings. The molecule has 0 bridgehead atoms. The first-order valence-electron chi connectivity index (χ1n) is 8.22. The van der Waals surface area contributed by atoms with E-state index in [1.165, 1.54) is 12.8 Å². The lowest BCUT2D eigenvalue weighted by Crippen LogP contribution is -2.32. The van der Waals surface area contributed by atoms with E-state index < -0.39 is 0 Å². The highest BCUT2D eigenvalue weighted by Gasteiger charge is 2.24. The van der Waals surface area contributed by atoms with E-state index >= 15 is 0 Å². The number of hydrogen-bond acceptors (Lipinski definition) is 4. The molecule has 0 saturated carbocycles. The van der Waals surface area contributed by atoms with E-state index in [1.54, 1.807) is 16.2 Å². The van der Waals surface area contributed by atoms with E-state index in [0.717, 1.165) is 46.6 Å². The number of amides is 1. The second-order valence-corrected chi connectivity index (χ2v) is 7.49. The quantitative estimate of drug-likeness (QED) is 0.846. The van der Waals surface area contributed by atoms with E-state index in [0.29, 0.717) is 6.42 Å². The number of aromatic nitrogens is 1. The highest BCUT2D eigenvalue weighted by Crippen LogP contribution is 2.34. The second kappa shape index (κ2) is 5.64. The number of benzene rings is 1. The molecule has 120 valence electrons. The van der Waals surface area contributed by atoms with Crippen molar-refractivity contribution in [3.05, 3.63) is 29.1 Å². The summed E-state index contributed by atoms with van der Waals surface area (Å²) in [4.78, 5) is 20.8. The van der Waals surface area contributed by atoms with Crippen molar-refractivity contribution in [3.63, 3.8) is 0 Å². The van der Waals surface area contributed by atoms with Crippen molar-refractivity contribution >= 4 is 28.1 Å². The molecule has 2 aliphatic heterocycles. The largest absolute Gasteiger partial charge is 0.348 e. The van der Waals surface area contributed by atoms with Gasteiger partial charge in [-0.3, -0.25) is 4.79 Å². The molecule has 0 spiro atoms. The van der Waals surface area contributed by atoms with Gasteiger partial charge in [-0.2, -0.15) is 0 Å². The summed E-state index contributed by atoms with van der Waals surface area (Å²) in [6, 6.07) is 6.23. The van der Waals surface area contributed by atoms with Crippen LogP contribution in [-0.2, 0) is 11.2 Å². The maximum Gasteiger partial charge on any atom is 0.231 e. The molecule has 5 heteroatoms. The average Bonchev–Trinajstić information content (AvgIpc) is 3.14. The molecule has 0 aliphatic carbocycles. The topological polar surface area (TPSA) is 36.4 Å². The predicted molar refractivity (Wildman–Crippen MR) is 95.3 cm³/mol. The number of piperidine rings is 1. The lowest BCUT2D eigenvalue weighted by molar-refractivity contribution is -0.117. The zero-order chi connectivity index (χ0) is 16.0. The Morgan fingerprint density at radius 1 is 1.26 bits per heavy atom. The van der Waals surface area contributed by atoms with Gasteiger partial charge in [-0.1, -0.05) is 13.0 Å². The highest BCUT2D eigenvalue weighted by atomic mass is 32.1. The summed E-state index contributed by atoms with van der Waals surface area (Å²) in [5.41, 5.74) is 4.27. The van der Waals surface area contributed by atoms with E-state index in [9.17, 15) is 4.79 Å². The normalized spacial score (nSPS) is 18.6. The Bertz CT molecular complexity index is 746. The van der Waals surface area contributed by atoms with Gasteiger partial charge in [0.05, 0.1) is 12.1 Å². The maximum atomic E-state index is 11.8. The summed E-state index contributed by atoms with van der Waals surface area (Å²) in [6.07, 6.45) is 3.01. The Morgan fingerprint density at radius 2 is 2.04 bits per heavy atom. The van der Waals surface area contributed by atoms with E-state index in [1.807, 2.05) is 13.1 Å². The highest BCUT2D eigenvalue weighted by molar-refractivity contribution is 7.14. The minimum absolute atomic E-state index is 0.165. The van der Waals surface area contributed by atoms with Crippen molar-refractivity contribution in [2.75, 3.05) is 29.9 Å². The minimum Gasteiger partial charge on any atom is -0.348 e. The van der Waals surface area contributed by atoms with Crippen LogP contribution in [0.5, 0.6) is 0 Å². The Balaban J connectivity index is 1.58. The molecular formula is C18H21N3OS. The van der Waals surface area contributed by atoms with E-state index in [2.05, 4.69) is 29.3 Å². The molecule has 0 unspecified atom stereocenters. The lowest BCUT2D eigenvalue weighted by atomic mass is 10.00. The molecule has 3 heterocycles. The molecule has 1 aromatic heterocycles. The van der Waals surface area contributed by atoms with Gasteiger partial charge in [-0.05, 0) is 36.5 Å². The van der Waals surface area contributed by atoms with Crippen LogP contribution >= 0.6 is 11.3 Å². The molecule has 2 aromatic rings. The Kier molecular flexibility index (Phi) is 3.60. The number of carbonyl (C=O) groups excluding carboxylic acids is 1. The zero-order valence-corrected chi connectivity index (χ0v) is 14.4. The fraction of sp³-hybridized carbons (Fsp3) is 0.444. The number of carbonyl (C=O) groups is 1. The molecule has 23 heavy (non-hydrogen) atoms. The summed E-state index contributed by atoms with van der Waals surface area (Å²) in [7, 11) is 1.84. The van der Waals surface area contributed by atoms with Gasteiger partial charge in [0.25, 0.3) is 0 Å². The van der Waals surface area contributed by atoms with Gasteiger partial charge in [0.15, 0.2) is 5.13 Å². The molecule has 4 nitrogen and oxygen atoms in total. The lowest BCUT2D eigenvalue weighted by Gasteiger charge is -2.29. The molecule has 0 atom stereocenters. The van der Waals surface area contributed by atoms with Crippen molar-refractivity contribution in [1.82, 2.24) is 4.98 Å². The zero-order valence-electron chi connectivity index (χ0n) is 13.6. The molecule has 1 saturated heterocycles.